The summed E-state index contributed by atoms with van der Waals surface area (Å²) in [7, 11) is 1.99. The molecule has 27 heavy (non-hydrogen) atoms. The van der Waals surface area contributed by atoms with Gasteiger partial charge in [0.2, 0.25) is 0 Å². The summed E-state index contributed by atoms with van der Waals surface area (Å²) in [5.41, 5.74) is 6.05. The van der Waals surface area contributed by atoms with Crippen molar-refractivity contribution in [1.82, 2.24) is 19.7 Å². The van der Waals surface area contributed by atoms with Gasteiger partial charge in [0.05, 0.1) is 18.5 Å². The van der Waals surface area contributed by atoms with Crippen molar-refractivity contribution >= 4 is 0 Å². The van der Waals surface area contributed by atoms with E-state index in [-0.39, 0.29) is 6.10 Å². The Morgan fingerprint density at radius 2 is 1.93 bits per heavy atom. The molecule has 1 aliphatic rings. The second-order valence-electron chi connectivity index (χ2n) is 7.23. The van der Waals surface area contributed by atoms with Crippen LogP contribution in [0.4, 0.5) is 0 Å². The molecule has 0 spiro atoms. The van der Waals surface area contributed by atoms with Crippen molar-refractivity contribution in [3.8, 4) is 0 Å². The van der Waals surface area contributed by atoms with Gasteiger partial charge in [-0.2, -0.15) is 5.10 Å². The number of pyridine rings is 1. The van der Waals surface area contributed by atoms with E-state index in [1.54, 1.807) is 0 Å². The Hall–Kier alpha value is -2.50. The summed E-state index contributed by atoms with van der Waals surface area (Å²) in [6.07, 6.45) is 4.89. The third kappa shape index (κ3) is 4.26. The summed E-state index contributed by atoms with van der Waals surface area (Å²) in [4.78, 5) is 7.12. The highest BCUT2D eigenvalue weighted by molar-refractivity contribution is 5.25. The number of nitrogens with zero attached hydrogens (tertiary/aromatic N) is 4. The summed E-state index contributed by atoms with van der Waals surface area (Å²) >= 11 is 0. The number of hydrogen-bond acceptors (Lipinski definition) is 4. The molecule has 0 amide bonds. The Kier molecular flexibility index (Phi) is 5.32. The van der Waals surface area contributed by atoms with Gasteiger partial charge in [-0.25, -0.2) is 0 Å². The molecule has 5 heteroatoms. The van der Waals surface area contributed by atoms with E-state index in [9.17, 15) is 0 Å². The molecule has 3 aromatic rings. The minimum absolute atomic E-state index is 0.0292. The minimum Gasteiger partial charge on any atom is -0.369 e. The number of aryl methyl sites for hydroxylation is 1. The topological polar surface area (TPSA) is 43.2 Å². The van der Waals surface area contributed by atoms with Gasteiger partial charge >= 0.3 is 0 Å². The summed E-state index contributed by atoms with van der Waals surface area (Å²) in [5, 5.41) is 4.35. The molecule has 1 fully saturated rings. The molecule has 1 saturated heterocycles. The van der Waals surface area contributed by atoms with Crippen molar-refractivity contribution in [1.29, 1.82) is 0 Å². The molecule has 140 valence electrons. The lowest BCUT2D eigenvalue weighted by Gasteiger charge is -2.32. The lowest BCUT2D eigenvalue weighted by atomic mass is 10.1. The maximum absolute atomic E-state index is 6.00. The standard InChI is InChI=1S/C22H26N4O/c1-17-20(14-24-25(17)2)15-26-10-11-27-22(16-26)21-9-8-19(13-23-21)12-18-6-4-3-5-7-18/h3-9,13-14,22H,10-12,15-16H2,1-2H3. The second kappa shape index (κ2) is 8.03. The molecule has 1 unspecified atom stereocenters. The highest BCUT2D eigenvalue weighted by Crippen LogP contribution is 2.23. The van der Waals surface area contributed by atoms with E-state index in [4.69, 9.17) is 9.72 Å². The molecule has 5 nitrogen and oxygen atoms in total. The van der Waals surface area contributed by atoms with E-state index in [2.05, 4.69) is 53.3 Å². The summed E-state index contributed by atoms with van der Waals surface area (Å²) in [6, 6.07) is 14.8. The zero-order chi connectivity index (χ0) is 18.6. The Morgan fingerprint density at radius 1 is 1.07 bits per heavy atom. The number of ether oxygens (including phenoxy) is 1. The first-order chi connectivity index (χ1) is 13.2. The number of aromatic nitrogens is 3. The molecule has 1 aliphatic heterocycles. The normalized spacial score (nSPS) is 17.9. The molecule has 1 atom stereocenters. The van der Waals surface area contributed by atoms with Crippen LogP contribution in [0.15, 0.2) is 54.9 Å². The predicted molar refractivity (Wildman–Crippen MR) is 105 cm³/mol. The van der Waals surface area contributed by atoms with Gasteiger partial charge in [0.15, 0.2) is 0 Å². The van der Waals surface area contributed by atoms with Crippen LogP contribution in [-0.2, 0) is 24.8 Å². The molecular formula is C22H26N4O. The van der Waals surface area contributed by atoms with E-state index in [0.717, 1.165) is 38.4 Å². The third-order valence-electron chi connectivity index (χ3n) is 5.31. The van der Waals surface area contributed by atoms with Crippen LogP contribution in [0.25, 0.3) is 0 Å². The molecule has 0 bridgehead atoms. The fourth-order valence-electron chi connectivity index (χ4n) is 3.53. The van der Waals surface area contributed by atoms with Gasteiger partial charge in [0, 0.05) is 44.1 Å². The maximum Gasteiger partial charge on any atom is 0.112 e. The van der Waals surface area contributed by atoms with Crippen LogP contribution in [0, 0.1) is 6.92 Å². The van der Waals surface area contributed by atoms with Crippen LogP contribution in [0.1, 0.15) is 34.2 Å². The Balaban J connectivity index is 1.40. The zero-order valence-corrected chi connectivity index (χ0v) is 16.0. The number of hydrogen-bond donors (Lipinski definition) is 0. The van der Waals surface area contributed by atoms with E-state index < -0.39 is 0 Å². The van der Waals surface area contributed by atoms with Gasteiger partial charge in [-0.05, 0) is 30.5 Å². The fourth-order valence-corrected chi connectivity index (χ4v) is 3.53. The first-order valence-electron chi connectivity index (χ1n) is 9.49. The Bertz CT molecular complexity index is 873. The van der Waals surface area contributed by atoms with Crippen molar-refractivity contribution in [2.24, 2.45) is 7.05 Å². The summed E-state index contributed by atoms with van der Waals surface area (Å²) < 4.78 is 7.93. The van der Waals surface area contributed by atoms with Gasteiger partial charge in [0.1, 0.15) is 6.10 Å². The summed E-state index contributed by atoms with van der Waals surface area (Å²) in [5.74, 6) is 0. The maximum atomic E-state index is 6.00. The third-order valence-corrected chi connectivity index (χ3v) is 5.31. The van der Waals surface area contributed by atoms with E-state index in [0.29, 0.717) is 0 Å². The highest BCUT2D eigenvalue weighted by Gasteiger charge is 2.23. The predicted octanol–water partition coefficient (Wildman–Crippen LogP) is 3.29. The monoisotopic (exact) mass is 362 g/mol. The summed E-state index contributed by atoms with van der Waals surface area (Å²) in [6.45, 7) is 5.56. The molecule has 1 aromatic carbocycles. The van der Waals surface area contributed by atoms with Crippen LogP contribution < -0.4 is 0 Å². The molecule has 0 aliphatic carbocycles. The van der Waals surface area contributed by atoms with Crippen molar-refractivity contribution in [2.45, 2.75) is 26.0 Å². The zero-order valence-electron chi connectivity index (χ0n) is 16.0. The number of benzene rings is 1. The lowest BCUT2D eigenvalue weighted by Crippen LogP contribution is -2.38. The van der Waals surface area contributed by atoms with E-state index in [1.165, 1.54) is 22.4 Å². The fraction of sp³-hybridized carbons (Fsp3) is 0.364. The molecule has 2 aromatic heterocycles. The molecule has 4 rings (SSSR count). The average molecular weight is 362 g/mol. The average Bonchev–Trinajstić information content (AvgIpc) is 3.02. The van der Waals surface area contributed by atoms with Crippen LogP contribution in [0.2, 0.25) is 0 Å². The molecule has 0 N–H and O–H groups in total. The lowest BCUT2D eigenvalue weighted by molar-refractivity contribution is -0.0350. The van der Waals surface area contributed by atoms with Crippen molar-refractivity contribution in [3.05, 3.63) is 82.9 Å². The van der Waals surface area contributed by atoms with Crippen molar-refractivity contribution in [2.75, 3.05) is 19.7 Å². The number of morpholine rings is 1. The van der Waals surface area contributed by atoms with Crippen LogP contribution in [-0.4, -0.2) is 39.4 Å². The Morgan fingerprint density at radius 3 is 2.63 bits per heavy atom. The largest absolute Gasteiger partial charge is 0.369 e. The molecule has 3 heterocycles. The Labute approximate surface area is 160 Å². The van der Waals surface area contributed by atoms with Crippen LogP contribution in [0.5, 0.6) is 0 Å². The van der Waals surface area contributed by atoms with Gasteiger partial charge in [0.25, 0.3) is 0 Å². The molecular weight excluding hydrogens is 336 g/mol. The van der Waals surface area contributed by atoms with E-state index >= 15 is 0 Å². The highest BCUT2D eigenvalue weighted by atomic mass is 16.5. The first-order valence-corrected chi connectivity index (χ1v) is 9.49. The van der Waals surface area contributed by atoms with Gasteiger partial charge in [-0.3, -0.25) is 14.6 Å². The minimum atomic E-state index is 0.0292. The molecule has 0 saturated carbocycles. The second-order valence-corrected chi connectivity index (χ2v) is 7.23. The van der Waals surface area contributed by atoms with Crippen molar-refractivity contribution in [3.63, 3.8) is 0 Å². The quantitative estimate of drug-likeness (QED) is 0.699. The first kappa shape index (κ1) is 17.9. The number of rotatable bonds is 5. The molecule has 0 radical (unpaired) electrons. The van der Waals surface area contributed by atoms with Crippen molar-refractivity contribution < 1.29 is 4.74 Å². The van der Waals surface area contributed by atoms with Crippen LogP contribution in [0.3, 0.4) is 0 Å². The van der Waals surface area contributed by atoms with Gasteiger partial charge in [-0.15, -0.1) is 0 Å². The smallest absolute Gasteiger partial charge is 0.112 e. The van der Waals surface area contributed by atoms with E-state index in [1.807, 2.05) is 30.2 Å². The van der Waals surface area contributed by atoms with Gasteiger partial charge < -0.3 is 4.74 Å². The van der Waals surface area contributed by atoms with Gasteiger partial charge in [-0.1, -0.05) is 36.4 Å². The van der Waals surface area contributed by atoms with Crippen LogP contribution >= 0.6 is 0 Å². The SMILES string of the molecule is Cc1c(CN2CCOC(c3ccc(Cc4ccccc4)cn3)C2)cnn1C.